The van der Waals surface area contributed by atoms with Crippen LogP contribution in [0.5, 0.6) is 0 Å². The average molecular weight is 313 g/mol. The number of anilines is 2. The van der Waals surface area contributed by atoms with Crippen LogP contribution < -0.4 is 11.1 Å². The Labute approximate surface area is 125 Å². The van der Waals surface area contributed by atoms with Gasteiger partial charge in [0.25, 0.3) is 0 Å². The maximum atomic E-state index is 14.0. The van der Waals surface area contributed by atoms with Crippen LogP contribution in [0.1, 0.15) is 11.1 Å². The van der Waals surface area contributed by atoms with E-state index in [9.17, 15) is 8.78 Å². The molecule has 0 atom stereocenters. The van der Waals surface area contributed by atoms with Crippen LogP contribution in [-0.4, -0.2) is 4.99 Å². The molecule has 0 heterocycles. The Bertz CT molecular complexity index is 646. The number of nitrogens with one attached hydrogen (secondary N) is 1. The Balaban J connectivity index is 2.47. The van der Waals surface area contributed by atoms with E-state index in [2.05, 4.69) is 5.32 Å². The molecule has 0 bridgehead atoms. The number of nitrogens with two attached hydrogens (primary N) is 1. The largest absolute Gasteiger partial charge is 0.389 e. The molecule has 0 saturated carbocycles. The summed E-state index contributed by atoms with van der Waals surface area (Å²) in [6, 6.07) is 7.34. The first-order chi connectivity index (χ1) is 9.40. The van der Waals surface area contributed by atoms with Gasteiger partial charge in [-0.1, -0.05) is 36.0 Å². The van der Waals surface area contributed by atoms with Crippen molar-refractivity contribution >= 4 is 40.2 Å². The van der Waals surface area contributed by atoms with E-state index in [0.717, 1.165) is 17.7 Å². The van der Waals surface area contributed by atoms with Gasteiger partial charge in [0, 0.05) is 5.56 Å². The zero-order valence-electron chi connectivity index (χ0n) is 10.5. The number of halogens is 3. The fraction of sp³-hybridized carbons (Fsp3) is 0.0714. The van der Waals surface area contributed by atoms with Crippen molar-refractivity contribution in [3.63, 3.8) is 0 Å². The number of rotatable bonds is 3. The summed E-state index contributed by atoms with van der Waals surface area (Å²) < 4.78 is 27.9. The molecule has 2 aromatic carbocycles. The molecule has 0 aliphatic carbocycles. The van der Waals surface area contributed by atoms with Crippen molar-refractivity contribution in [2.45, 2.75) is 6.92 Å². The topological polar surface area (TPSA) is 38.0 Å². The highest BCUT2D eigenvalue weighted by Gasteiger charge is 2.14. The number of para-hydroxylation sites is 1. The molecule has 0 fully saturated rings. The molecule has 0 amide bonds. The molecule has 6 heteroatoms. The van der Waals surface area contributed by atoms with Gasteiger partial charge in [-0.2, -0.15) is 0 Å². The van der Waals surface area contributed by atoms with Crippen LogP contribution >= 0.6 is 23.8 Å². The Hall–Kier alpha value is -1.72. The second kappa shape index (κ2) is 5.73. The van der Waals surface area contributed by atoms with Crippen molar-refractivity contribution in [3.05, 3.63) is 58.1 Å². The predicted octanol–water partition coefficient (Wildman–Crippen LogP) is 4.30. The molecular formula is C14H11ClF2N2S. The van der Waals surface area contributed by atoms with Gasteiger partial charge in [0.05, 0.1) is 10.7 Å². The lowest BCUT2D eigenvalue weighted by atomic mass is 10.1. The van der Waals surface area contributed by atoms with E-state index in [1.807, 2.05) is 0 Å². The van der Waals surface area contributed by atoms with E-state index in [0.29, 0.717) is 10.7 Å². The molecule has 0 aliphatic rings. The van der Waals surface area contributed by atoms with E-state index in [-0.39, 0.29) is 16.2 Å². The molecule has 0 aliphatic heterocycles. The lowest BCUT2D eigenvalue weighted by Gasteiger charge is -2.13. The van der Waals surface area contributed by atoms with E-state index >= 15 is 0 Å². The average Bonchev–Trinajstić information content (AvgIpc) is 2.36. The number of benzene rings is 2. The summed E-state index contributed by atoms with van der Waals surface area (Å²) in [6.45, 7) is 1.79. The molecule has 0 aromatic heterocycles. The molecular weight excluding hydrogens is 302 g/mol. The fourth-order valence-corrected chi connectivity index (χ4v) is 2.14. The monoisotopic (exact) mass is 312 g/mol. The van der Waals surface area contributed by atoms with Crippen LogP contribution in [0.25, 0.3) is 0 Å². The second-order valence-electron chi connectivity index (χ2n) is 4.24. The summed E-state index contributed by atoms with van der Waals surface area (Å²) >= 11 is 10.7. The maximum absolute atomic E-state index is 14.0. The smallest absolute Gasteiger partial charge is 0.150 e. The Morgan fingerprint density at radius 1 is 1.20 bits per heavy atom. The Morgan fingerprint density at radius 2 is 1.80 bits per heavy atom. The van der Waals surface area contributed by atoms with Crippen LogP contribution in [0.3, 0.4) is 0 Å². The van der Waals surface area contributed by atoms with Gasteiger partial charge >= 0.3 is 0 Å². The van der Waals surface area contributed by atoms with Gasteiger partial charge in [0.1, 0.15) is 22.3 Å². The number of hydrogen-bond donors (Lipinski definition) is 2. The maximum Gasteiger partial charge on any atom is 0.150 e. The predicted molar refractivity (Wildman–Crippen MR) is 81.7 cm³/mol. The van der Waals surface area contributed by atoms with Crippen LogP contribution in [0.2, 0.25) is 5.02 Å². The molecule has 0 radical (unpaired) electrons. The van der Waals surface area contributed by atoms with Gasteiger partial charge in [-0.25, -0.2) is 8.78 Å². The number of aryl methyl sites for hydroxylation is 1. The SMILES string of the molecule is Cc1cccc(Cl)c1Nc1c(F)cc(C(N)=S)cc1F. The van der Waals surface area contributed by atoms with Gasteiger partial charge in [-0.05, 0) is 30.7 Å². The molecule has 0 unspecified atom stereocenters. The minimum Gasteiger partial charge on any atom is -0.389 e. The van der Waals surface area contributed by atoms with E-state index in [4.69, 9.17) is 29.6 Å². The zero-order valence-corrected chi connectivity index (χ0v) is 12.1. The minimum absolute atomic E-state index is 0.0664. The van der Waals surface area contributed by atoms with Gasteiger partial charge in [-0.3, -0.25) is 0 Å². The van der Waals surface area contributed by atoms with Crippen molar-refractivity contribution in [2.75, 3.05) is 5.32 Å². The first-order valence-corrected chi connectivity index (χ1v) is 6.49. The first kappa shape index (κ1) is 14.7. The van der Waals surface area contributed by atoms with Crippen LogP contribution in [0.15, 0.2) is 30.3 Å². The number of thiocarbonyl (C=S) groups is 1. The fourth-order valence-electron chi connectivity index (χ4n) is 1.75. The Morgan fingerprint density at radius 3 is 2.30 bits per heavy atom. The third-order valence-electron chi connectivity index (χ3n) is 2.80. The van der Waals surface area contributed by atoms with Crippen molar-refractivity contribution in [1.82, 2.24) is 0 Å². The van der Waals surface area contributed by atoms with Gasteiger partial charge in [0.2, 0.25) is 0 Å². The first-order valence-electron chi connectivity index (χ1n) is 5.71. The van der Waals surface area contributed by atoms with Crippen molar-refractivity contribution in [2.24, 2.45) is 5.73 Å². The second-order valence-corrected chi connectivity index (χ2v) is 5.08. The van der Waals surface area contributed by atoms with Crippen molar-refractivity contribution in [3.8, 4) is 0 Å². The molecule has 2 nitrogen and oxygen atoms in total. The quantitative estimate of drug-likeness (QED) is 0.830. The van der Waals surface area contributed by atoms with Gasteiger partial charge < -0.3 is 11.1 Å². The molecule has 20 heavy (non-hydrogen) atoms. The molecule has 104 valence electrons. The zero-order chi connectivity index (χ0) is 14.9. The third kappa shape index (κ3) is 2.89. The van der Waals surface area contributed by atoms with Crippen molar-refractivity contribution in [1.29, 1.82) is 0 Å². The van der Waals surface area contributed by atoms with Crippen LogP contribution in [0, 0.1) is 18.6 Å². The van der Waals surface area contributed by atoms with E-state index in [1.165, 1.54) is 0 Å². The van der Waals surface area contributed by atoms with Gasteiger partial charge in [-0.15, -0.1) is 0 Å². The summed E-state index contributed by atoms with van der Waals surface area (Å²) in [7, 11) is 0. The lowest BCUT2D eigenvalue weighted by molar-refractivity contribution is 0.590. The highest BCUT2D eigenvalue weighted by atomic mass is 35.5. The highest BCUT2D eigenvalue weighted by Crippen LogP contribution is 2.31. The van der Waals surface area contributed by atoms with Crippen LogP contribution in [0.4, 0.5) is 20.2 Å². The summed E-state index contributed by atoms with van der Waals surface area (Å²) in [5.74, 6) is -1.57. The summed E-state index contributed by atoms with van der Waals surface area (Å²) in [5, 5.41) is 3.05. The molecule has 3 N–H and O–H groups in total. The van der Waals surface area contributed by atoms with E-state index in [1.54, 1.807) is 25.1 Å². The summed E-state index contributed by atoms with van der Waals surface area (Å²) in [5.41, 5.74) is 6.43. The Kier molecular flexibility index (Phi) is 4.20. The molecule has 0 spiro atoms. The van der Waals surface area contributed by atoms with Gasteiger partial charge in [0.15, 0.2) is 0 Å². The normalized spacial score (nSPS) is 10.4. The standard InChI is InChI=1S/C14H11ClF2N2S/c1-7-3-2-4-9(15)12(7)19-13-10(16)5-8(14(18)20)6-11(13)17/h2-6,19H,1H3,(H2,18,20). The lowest BCUT2D eigenvalue weighted by Crippen LogP contribution is -2.11. The van der Waals surface area contributed by atoms with Crippen molar-refractivity contribution < 1.29 is 8.78 Å². The van der Waals surface area contributed by atoms with E-state index < -0.39 is 11.6 Å². The third-order valence-corrected chi connectivity index (χ3v) is 3.35. The number of hydrogen-bond acceptors (Lipinski definition) is 2. The highest BCUT2D eigenvalue weighted by molar-refractivity contribution is 7.80. The minimum atomic E-state index is -0.785. The molecule has 0 saturated heterocycles. The molecule has 2 aromatic rings. The summed E-state index contributed by atoms with van der Waals surface area (Å²) in [4.78, 5) is -0.0664. The molecule has 2 rings (SSSR count). The summed E-state index contributed by atoms with van der Waals surface area (Å²) in [6.07, 6.45) is 0. The van der Waals surface area contributed by atoms with Crippen LogP contribution in [-0.2, 0) is 0 Å².